The molecule has 0 atom stereocenters. The molecule has 1 fully saturated rings. The third-order valence-electron chi connectivity index (χ3n) is 5.28. The minimum absolute atomic E-state index is 0.0327. The summed E-state index contributed by atoms with van der Waals surface area (Å²) in [6.45, 7) is 6.57. The van der Waals surface area contributed by atoms with Crippen molar-refractivity contribution in [3.05, 3.63) is 60.2 Å². The van der Waals surface area contributed by atoms with Crippen LogP contribution < -0.4 is 15.1 Å². The van der Waals surface area contributed by atoms with Gasteiger partial charge < -0.3 is 20.0 Å². The van der Waals surface area contributed by atoms with Gasteiger partial charge in [-0.25, -0.2) is 0 Å². The summed E-state index contributed by atoms with van der Waals surface area (Å²) in [6, 6.07) is 17.8. The van der Waals surface area contributed by atoms with Crippen LogP contribution in [0.5, 0.6) is 0 Å². The highest BCUT2D eigenvalue weighted by molar-refractivity contribution is 5.91. The van der Waals surface area contributed by atoms with E-state index in [9.17, 15) is 9.59 Å². The number of carbonyl (C=O) groups excluding carboxylic acids is 2. The van der Waals surface area contributed by atoms with Crippen molar-refractivity contribution in [3.63, 3.8) is 0 Å². The molecule has 0 aromatic heterocycles. The van der Waals surface area contributed by atoms with E-state index in [1.165, 1.54) is 5.69 Å². The molecule has 1 N–H and O–H groups in total. The minimum atomic E-state index is -0.0369. The van der Waals surface area contributed by atoms with Crippen molar-refractivity contribution in [2.24, 2.45) is 0 Å². The summed E-state index contributed by atoms with van der Waals surface area (Å²) < 4.78 is 0. The molecule has 0 radical (unpaired) electrons. The fraction of sp³-hybridized carbons (Fsp3) is 0.391. The Kier molecular flexibility index (Phi) is 7.25. The third kappa shape index (κ3) is 6.06. The van der Waals surface area contributed by atoms with Crippen molar-refractivity contribution in [2.75, 3.05) is 56.1 Å². The highest BCUT2D eigenvalue weighted by Gasteiger charge is 2.16. The van der Waals surface area contributed by atoms with Crippen molar-refractivity contribution < 1.29 is 9.59 Å². The number of piperazine rings is 1. The molecular weight excluding hydrogens is 364 g/mol. The molecule has 2 aromatic rings. The Labute approximate surface area is 173 Å². The highest BCUT2D eigenvalue weighted by Crippen LogP contribution is 2.22. The zero-order valence-electron chi connectivity index (χ0n) is 17.3. The number of nitrogens with zero attached hydrogens (tertiary/aromatic N) is 3. The fourth-order valence-corrected chi connectivity index (χ4v) is 3.53. The van der Waals surface area contributed by atoms with E-state index >= 15 is 0 Å². The van der Waals surface area contributed by atoms with Gasteiger partial charge in [0.2, 0.25) is 11.8 Å². The summed E-state index contributed by atoms with van der Waals surface area (Å²) in [5.41, 5.74) is 3.02. The summed E-state index contributed by atoms with van der Waals surface area (Å²) in [7, 11) is 2.14. The molecular formula is C23H30N4O2. The van der Waals surface area contributed by atoms with Crippen LogP contribution in [0.2, 0.25) is 0 Å². The monoisotopic (exact) mass is 394 g/mol. The van der Waals surface area contributed by atoms with Gasteiger partial charge in [-0.05, 0) is 36.9 Å². The van der Waals surface area contributed by atoms with Crippen LogP contribution in [0.3, 0.4) is 0 Å². The van der Waals surface area contributed by atoms with Crippen LogP contribution >= 0.6 is 0 Å². The number of nitrogens with one attached hydrogen (secondary N) is 1. The summed E-state index contributed by atoms with van der Waals surface area (Å²) in [4.78, 5) is 30.7. The first-order valence-corrected chi connectivity index (χ1v) is 10.2. The molecule has 1 heterocycles. The van der Waals surface area contributed by atoms with E-state index in [0.29, 0.717) is 19.5 Å². The van der Waals surface area contributed by atoms with Gasteiger partial charge in [0.25, 0.3) is 0 Å². The fourth-order valence-electron chi connectivity index (χ4n) is 3.53. The quantitative estimate of drug-likeness (QED) is 0.782. The number of amides is 2. The maximum absolute atomic E-state index is 12.1. The largest absolute Gasteiger partial charge is 0.369 e. The van der Waals surface area contributed by atoms with Crippen LogP contribution in [0.25, 0.3) is 0 Å². The smallest absolute Gasteiger partial charge is 0.224 e. The summed E-state index contributed by atoms with van der Waals surface area (Å²) in [6.07, 6.45) is 0.348. The lowest BCUT2D eigenvalue weighted by Crippen LogP contribution is -2.44. The van der Waals surface area contributed by atoms with Crippen molar-refractivity contribution in [1.29, 1.82) is 0 Å². The maximum atomic E-state index is 12.1. The Bertz CT molecular complexity index is 799. The van der Waals surface area contributed by atoms with Gasteiger partial charge >= 0.3 is 0 Å². The lowest BCUT2D eigenvalue weighted by atomic mass is 10.1. The van der Waals surface area contributed by atoms with Crippen LogP contribution in [-0.2, 0) is 16.0 Å². The normalized spacial score (nSPS) is 14.5. The van der Waals surface area contributed by atoms with E-state index in [0.717, 1.165) is 37.4 Å². The van der Waals surface area contributed by atoms with Crippen LogP contribution in [-0.4, -0.2) is 63.0 Å². The number of carbonyl (C=O) groups is 2. The summed E-state index contributed by atoms with van der Waals surface area (Å²) in [5.74, 6) is -0.0697. The van der Waals surface area contributed by atoms with Crippen molar-refractivity contribution in [2.45, 2.75) is 13.3 Å². The molecule has 0 aliphatic carbocycles. The molecule has 6 nitrogen and oxygen atoms in total. The Morgan fingerprint density at radius 3 is 2.24 bits per heavy atom. The van der Waals surface area contributed by atoms with Gasteiger partial charge in [0.05, 0.1) is 6.42 Å². The summed E-state index contributed by atoms with van der Waals surface area (Å²) in [5, 5.41) is 2.91. The molecule has 2 aromatic carbocycles. The molecule has 3 rings (SSSR count). The van der Waals surface area contributed by atoms with Crippen LogP contribution in [0.1, 0.15) is 12.5 Å². The molecule has 1 aliphatic rings. The second-order valence-corrected chi connectivity index (χ2v) is 7.49. The van der Waals surface area contributed by atoms with E-state index < -0.39 is 0 Å². The maximum Gasteiger partial charge on any atom is 0.224 e. The van der Waals surface area contributed by atoms with E-state index in [1.54, 1.807) is 11.8 Å². The molecule has 154 valence electrons. The molecule has 2 amide bonds. The topological polar surface area (TPSA) is 55.9 Å². The molecule has 1 aliphatic heterocycles. The van der Waals surface area contributed by atoms with E-state index in [1.807, 2.05) is 42.5 Å². The minimum Gasteiger partial charge on any atom is -0.369 e. The van der Waals surface area contributed by atoms with Gasteiger partial charge in [0.15, 0.2) is 0 Å². The van der Waals surface area contributed by atoms with Crippen LogP contribution in [0, 0.1) is 0 Å². The lowest BCUT2D eigenvalue weighted by molar-refractivity contribution is -0.121. The Morgan fingerprint density at radius 2 is 1.62 bits per heavy atom. The Hall–Kier alpha value is -2.86. The SMILES string of the molecule is CC(=O)N(CCNC(=O)Cc1ccccc1)c1ccc(N2CCN(C)CC2)cc1. The van der Waals surface area contributed by atoms with Crippen molar-refractivity contribution >= 4 is 23.2 Å². The van der Waals surface area contributed by atoms with Gasteiger partial charge in [0, 0.05) is 57.6 Å². The number of anilines is 2. The van der Waals surface area contributed by atoms with Gasteiger partial charge in [0.1, 0.15) is 0 Å². The van der Waals surface area contributed by atoms with Gasteiger partial charge in [-0.15, -0.1) is 0 Å². The number of likely N-dealkylation sites (N-methyl/N-ethyl adjacent to an activating group) is 1. The van der Waals surface area contributed by atoms with Gasteiger partial charge in [-0.1, -0.05) is 30.3 Å². The zero-order chi connectivity index (χ0) is 20.6. The molecule has 0 saturated carbocycles. The molecule has 6 heteroatoms. The molecule has 0 spiro atoms. The van der Waals surface area contributed by atoms with Gasteiger partial charge in [-0.2, -0.15) is 0 Å². The second-order valence-electron chi connectivity index (χ2n) is 7.49. The number of hydrogen-bond acceptors (Lipinski definition) is 4. The lowest BCUT2D eigenvalue weighted by Gasteiger charge is -2.34. The Morgan fingerprint density at radius 1 is 0.966 bits per heavy atom. The first kappa shape index (κ1) is 20.9. The molecule has 0 unspecified atom stereocenters. The first-order chi connectivity index (χ1) is 14.0. The first-order valence-electron chi connectivity index (χ1n) is 10.2. The number of rotatable bonds is 7. The zero-order valence-corrected chi connectivity index (χ0v) is 17.3. The van der Waals surface area contributed by atoms with Crippen LogP contribution in [0.15, 0.2) is 54.6 Å². The predicted octanol–water partition coefficient (Wildman–Crippen LogP) is 2.15. The van der Waals surface area contributed by atoms with Crippen molar-refractivity contribution in [1.82, 2.24) is 10.2 Å². The Balaban J connectivity index is 1.52. The highest BCUT2D eigenvalue weighted by atomic mass is 16.2. The van der Waals surface area contributed by atoms with Crippen LogP contribution in [0.4, 0.5) is 11.4 Å². The standard InChI is InChI=1S/C23H30N4O2/c1-19(28)27(13-12-24-23(29)18-20-6-4-3-5-7-20)22-10-8-21(9-11-22)26-16-14-25(2)15-17-26/h3-11H,12-18H2,1-2H3,(H,24,29). The number of hydrogen-bond donors (Lipinski definition) is 1. The molecule has 0 bridgehead atoms. The predicted molar refractivity (Wildman–Crippen MR) is 117 cm³/mol. The summed E-state index contributed by atoms with van der Waals surface area (Å²) >= 11 is 0. The average molecular weight is 395 g/mol. The van der Waals surface area contributed by atoms with E-state index in [2.05, 4.69) is 34.3 Å². The van der Waals surface area contributed by atoms with Gasteiger partial charge in [-0.3, -0.25) is 9.59 Å². The van der Waals surface area contributed by atoms with E-state index in [4.69, 9.17) is 0 Å². The second kappa shape index (κ2) is 10.1. The third-order valence-corrected chi connectivity index (χ3v) is 5.28. The van der Waals surface area contributed by atoms with E-state index in [-0.39, 0.29) is 11.8 Å². The number of benzene rings is 2. The molecule has 1 saturated heterocycles. The van der Waals surface area contributed by atoms with Crippen molar-refractivity contribution in [3.8, 4) is 0 Å². The molecule has 29 heavy (non-hydrogen) atoms. The average Bonchev–Trinajstić information content (AvgIpc) is 2.72.